The zero-order valence-electron chi connectivity index (χ0n) is 16.2. The molecule has 1 aliphatic rings. The van der Waals surface area contributed by atoms with E-state index in [1.807, 2.05) is 18.2 Å². The van der Waals surface area contributed by atoms with Gasteiger partial charge in [-0.05, 0) is 31.0 Å². The molecule has 3 aromatic rings. The Morgan fingerprint density at radius 1 is 1.11 bits per heavy atom. The zero-order valence-corrected chi connectivity index (χ0v) is 16.2. The second kappa shape index (κ2) is 7.42. The van der Waals surface area contributed by atoms with Crippen molar-refractivity contribution in [1.82, 2.24) is 5.16 Å². The van der Waals surface area contributed by atoms with Crippen molar-refractivity contribution in [3.05, 3.63) is 41.6 Å². The maximum Gasteiger partial charge on any atom is 0.233 e. The molecule has 0 aliphatic carbocycles. The van der Waals surface area contributed by atoms with Crippen LogP contribution in [0.5, 0.6) is 17.2 Å². The van der Waals surface area contributed by atoms with Crippen LogP contribution < -0.4 is 19.1 Å². The van der Waals surface area contributed by atoms with Gasteiger partial charge >= 0.3 is 0 Å². The van der Waals surface area contributed by atoms with E-state index in [9.17, 15) is 4.79 Å². The summed E-state index contributed by atoms with van der Waals surface area (Å²) in [6, 6.07) is 9.17. The van der Waals surface area contributed by atoms with Crippen LogP contribution in [0.25, 0.3) is 11.0 Å². The van der Waals surface area contributed by atoms with Crippen molar-refractivity contribution in [1.29, 1.82) is 0 Å². The first-order chi connectivity index (χ1) is 13.6. The topological polar surface area (TPSA) is 74.0 Å². The van der Waals surface area contributed by atoms with Crippen molar-refractivity contribution in [2.24, 2.45) is 0 Å². The minimum Gasteiger partial charge on any atom is -0.497 e. The molecule has 1 aliphatic heterocycles. The first kappa shape index (κ1) is 18.2. The molecule has 0 radical (unpaired) electrons. The lowest BCUT2D eigenvalue weighted by atomic mass is 9.99. The molecule has 4 rings (SSSR count). The highest BCUT2D eigenvalue weighted by atomic mass is 16.5. The average Bonchev–Trinajstić information content (AvgIpc) is 3.14. The van der Waals surface area contributed by atoms with Crippen molar-refractivity contribution in [3.63, 3.8) is 0 Å². The fourth-order valence-corrected chi connectivity index (χ4v) is 3.65. The SMILES string of the molecule is COc1cc(OC)c2c(c1)N(C(=O)Cc1noc3ccc(OC)cc13)CCC2. The number of carbonyl (C=O) groups is 1. The minimum atomic E-state index is -0.0470. The maximum atomic E-state index is 13.2. The summed E-state index contributed by atoms with van der Waals surface area (Å²) < 4.78 is 21.5. The van der Waals surface area contributed by atoms with Gasteiger partial charge in [0.2, 0.25) is 5.91 Å². The standard InChI is InChI=1S/C21H22N2O5/c1-25-13-6-7-19-16(9-13)17(22-28-19)12-21(24)23-8-4-5-15-18(23)10-14(26-2)11-20(15)27-3/h6-7,9-11H,4-5,8,12H2,1-3H3. The molecule has 146 valence electrons. The molecule has 1 aromatic heterocycles. The van der Waals surface area contributed by atoms with Crippen LogP contribution in [0, 0.1) is 0 Å². The van der Waals surface area contributed by atoms with Gasteiger partial charge in [-0.15, -0.1) is 0 Å². The van der Waals surface area contributed by atoms with Crippen LogP contribution in [0.4, 0.5) is 5.69 Å². The molecule has 0 N–H and O–H groups in total. The lowest BCUT2D eigenvalue weighted by Crippen LogP contribution is -2.36. The molecule has 0 atom stereocenters. The van der Waals surface area contributed by atoms with Crippen molar-refractivity contribution in [2.45, 2.75) is 19.3 Å². The van der Waals surface area contributed by atoms with Crippen LogP contribution in [-0.4, -0.2) is 38.9 Å². The van der Waals surface area contributed by atoms with Crippen molar-refractivity contribution in [3.8, 4) is 17.2 Å². The number of carbonyl (C=O) groups excluding carboxylic acids is 1. The quantitative estimate of drug-likeness (QED) is 0.674. The van der Waals surface area contributed by atoms with Crippen LogP contribution in [0.3, 0.4) is 0 Å². The van der Waals surface area contributed by atoms with E-state index >= 15 is 0 Å². The lowest BCUT2D eigenvalue weighted by Gasteiger charge is -2.31. The van der Waals surface area contributed by atoms with Gasteiger partial charge in [0.1, 0.15) is 22.9 Å². The smallest absolute Gasteiger partial charge is 0.233 e. The number of aromatic nitrogens is 1. The van der Waals surface area contributed by atoms with E-state index in [-0.39, 0.29) is 12.3 Å². The van der Waals surface area contributed by atoms with E-state index in [1.165, 1.54) is 0 Å². The fourth-order valence-electron chi connectivity index (χ4n) is 3.65. The van der Waals surface area contributed by atoms with Gasteiger partial charge in [-0.1, -0.05) is 5.16 Å². The summed E-state index contributed by atoms with van der Waals surface area (Å²) in [6.45, 7) is 0.640. The van der Waals surface area contributed by atoms with Gasteiger partial charge in [0.15, 0.2) is 5.58 Å². The molecule has 28 heavy (non-hydrogen) atoms. The average molecular weight is 382 g/mol. The van der Waals surface area contributed by atoms with Crippen LogP contribution in [0.1, 0.15) is 17.7 Å². The fraction of sp³-hybridized carbons (Fsp3) is 0.333. The molecule has 7 nitrogen and oxygen atoms in total. The van der Waals surface area contributed by atoms with Gasteiger partial charge in [-0.25, -0.2) is 0 Å². The van der Waals surface area contributed by atoms with Crippen molar-refractivity contribution < 1.29 is 23.5 Å². The van der Waals surface area contributed by atoms with Gasteiger partial charge in [-0.3, -0.25) is 4.79 Å². The van der Waals surface area contributed by atoms with Gasteiger partial charge in [0.25, 0.3) is 0 Å². The zero-order chi connectivity index (χ0) is 19.7. The monoisotopic (exact) mass is 382 g/mol. The van der Waals surface area contributed by atoms with Crippen LogP contribution in [0.15, 0.2) is 34.9 Å². The molecule has 2 aromatic carbocycles. The summed E-state index contributed by atoms with van der Waals surface area (Å²) in [6.07, 6.45) is 1.87. The largest absolute Gasteiger partial charge is 0.497 e. The summed E-state index contributed by atoms with van der Waals surface area (Å²) in [5.41, 5.74) is 3.08. The molecule has 2 heterocycles. The molecule has 0 fully saturated rings. The number of hydrogen-bond acceptors (Lipinski definition) is 6. The third-order valence-electron chi connectivity index (χ3n) is 5.09. The highest BCUT2D eigenvalue weighted by Crippen LogP contribution is 2.38. The third-order valence-corrected chi connectivity index (χ3v) is 5.09. The molecule has 0 unspecified atom stereocenters. The van der Waals surface area contributed by atoms with Crippen molar-refractivity contribution in [2.75, 3.05) is 32.8 Å². The number of methoxy groups -OCH3 is 3. The van der Waals surface area contributed by atoms with Crippen LogP contribution in [-0.2, 0) is 17.6 Å². The Labute approximate surface area is 162 Å². The third kappa shape index (κ3) is 3.13. The molecule has 0 saturated carbocycles. The predicted octanol–water partition coefficient (Wildman–Crippen LogP) is 3.38. The van der Waals surface area contributed by atoms with E-state index in [1.54, 1.807) is 38.4 Å². The van der Waals surface area contributed by atoms with E-state index in [4.69, 9.17) is 18.7 Å². The van der Waals surface area contributed by atoms with Gasteiger partial charge in [0, 0.05) is 29.6 Å². The Hall–Kier alpha value is -3.22. The lowest BCUT2D eigenvalue weighted by molar-refractivity contribution is -0.118. The predicted molar refractivity (Wildman–Crippen MR) is 104 cm³/mol. The van der Waals surface area contributed by atoms with Crippen LogP contribution in [0.2, 0.25) is 0 Å². The number of anilines is 1. The Morgan fingerprint density at radius 2 is 1.93 bits per heavy atom. The molecule has 0 bridgehead atoms. The highest BCUT2D eigenvalue weighted by molar-refractivity contribution is 5.98. The second-order valence-electron chi connectivity index (χ2n) is 6.64. The normalized spacial score (nSPS) is 13.3. The summed E-state index contributed by atoms with van der Waals surface area (Å²) in [5, 5.41) is 4.89. The molecular weight excluding hydrogens is 360 g/mol. The second-order valence-corrected chi connectivity index (χ2v) is 6.64. The van der Waals surface area contributed by atoms with E-state index < -0.39 is 0 Å². The Morgan fingerprint density at radius 3 is 2.68 bits per heavy atom. The summed E-state index contributed by atoms with van der Waals surface area (Å²) in [4.78, 5) is 14.9. The molecule has 0 spiro atoms. The van der Waals surface area contributed by atoms with Crippen molar-refractivity contribution >= 4 is 22.6 Å². The summed E-state index contributed by atoms with van der Waals surface area (Å²) in [7, 11) is 4.83. The summed E-state index contributed by atoms with van der Waals surface area (Å²) >= 11 is 0. The number of nitrogens with zero attached hydrogens (tertiary/aromatic N) is 2. The Bertz CT molecular complexity index is 1030. The minimum absolute atomic E-state index is 0.0470. The molecule has 7 heteroatoms. The van der Waals surface area contributed by atoms with Gasteiger partial charge in [-0.2, -0.15) is 0 Å². The first-order valence-electron chi connectivity index (χ1n) is 9.12. The van der Waals surface area contributed by atoms with E-state index in [0.29, 0.717) is 29.3 Å². The molecular formula is C21H22N2O5. The number of hydrogen-bond donors (Lipinski definition) is 0. The molecule has 0 saturated heterocycles. The Balaban J connectivity index is 1.67. The number of amides is 1. The van der Waals surface area contributed by atoms with Gasteiger partial charge in [0.05, 0.1) is 33.4 Å². The number of rotatable bonds is 5. The maximum absolute atomic E-state index is 13.2. The van der Waals surface area contributed by atoms with Crippen LogP contribution >= 0.6 is 0 Å². The number of fused-ring (bicyclic) bond motifs is 2. The first-order valence-corrected chi connectivity index (χ1v) is 9.12. The van der Waals surface area contributed by atoms with E-state index in [2.05, 4.69) is 5.16 Å². The number of benzene rings is 2. The van der Waals surface area contributed by atoms with Gasteiger partial charge < -0.3 is 23.6 Å². The number of ether oxygens (including phenoxy) is 3. The summed E-state index contributed by atoms with van der Waals surface area (Å²) in [5.74, 6) is 2.05. The Kier molecular flexibility index (Phi) is 4.81. The highest BCUT2D eigenvalue weighted by Gasteiger charge is 2.27. The van der Waals surface area contributed by atoms with E-state index in [0.717, 1.165) is 35.2 Å². The molecule has 1 amide bonds.